The number of hydrogen-bond donors (Lipinski definition) is 2. The van der Waals surface area contributed by atoms with E-state index in [9.17, 15) is 0 Å². The first-order valence-electron chi connectivity index (χ1n) is 4.48. The molecule has 0 saturated carbocycles. The number of aryl methyl sites for hydroxylation is 2. The maximum Gasteiger partial charge on any atom is 0.252 e. The highest BCUT2D eigenvalue weighted by Crippen LogP contribution is 1.82. The SMILES string of the molecule is Cl.Cn1cnc(C#N)n1.Cn1cnc(C(=N)N)n1. The van der Waals surface area contributed by atoms with Crippen molar-refractivity contribution in [2.45, 2.75) is 0 Å². The van der Waals surface area contributed by atoms with Crippen molar-refractivity contribution in [3.8, 4) is 6.07 Å². The molecule has 96 valence electrons. The van der Waals surface area contributed by atoms with E-state index in [1.807, 2.05) is 0 Å². The number of aromatic nitrogens is 6. The Morgan fingerprint density at radius 2 is 1.83 bits per heavy atom. The van der Waals surface area contributed by atoms with Crippen LogP contribution in [0.25, 0.3) is 0 Å². The number of nitrogens with two attached hydrogens (primary N) is 1. The monoisotopic (exact) mass is 269 g/mol. The van der Waals surface area contributed by atoms with Crippen LogP contribution in [0.2, 0.25) is 0 Å². The highest BCUT2D eigenvalue weighted by Gasteiger charge is 1.98. The molecular weight excluding hydrogens is 258 g/mol. The molecule has 0 fully saturated rings. The van der Waals surface area contributed by atoms with Crippen LogP contribution in [0.15, 0.2) is 12.7 Å². The van der Waals surface area contributed by atoms with Gasteiger partial charge in [-0.2, -0.15) is 5.26 Å². The number of rotatable bonds is 1. The summed E-state index contributed by atoms with van der Waals surface area (Å²) in [5.74, 6) is 0.389. The molecule has 2 aromatic heterocycles. The molecule has 0 unspecified atom stereocenters. The van der Waals surface area contributed by atoms with Gasteiger partial charge < -0.3 is 5.73 Å². The number of nitrogens with zero attached hydrogens (tertiary/aromatic N) is 7. The zero-order valence-corrected chi connectivity index (χ0v) is 10.6. The molecule has 2 rings (SSSR count). The lowest BCUT2D eigenvalue weighted by atomic mass is 10.6. The van der Waals surface area contributed by atoms with Crippen molar-refractivity contribution in [1.82, 2.24) is 29.5 Å². The zero-order chi connectivity index (χ0) is 12.8. The van der Waals surface area contributed by atoms with Crippen molar-refractivity contribution in [2.75, 3.05) is 0 Å². The average Bonchev–Trinajstić information content (AvgIpc) is 2.88. The Bertz CT molecular complexity index is 549. The molecule has 0 radical (unpaired) electrons. The van der Waals surface area contributed by atoms with Gasteiger partial charge in [-0.3, -0.25) is 14.8 Å². The molecular formula is C8H12ClN9. The predicted molar refractivity (Wildman–Crippen MR) is 65.0 cm³/mol. The molecule has 0 atom stereocenters. The maximum atomic E-state index is 8.16. The fraction of sp³-hybridized carbons (Fsp3) is 0.250. The van der Waals surface area contributed by atoms with Gasteiger partial charge in [-0.15, -0.1) is 22.6 Å². The first-order valence-corrected chi connectivity index (χ1v) is 4.48. The van der Waals surface area contributed by atoms with E-state index in [1.165, 1.54) is 22.0 Å². The molecule has 3 N–H and O–H groups in total. The molecule has 0 amide bonds. The molecule has 10 heteroatoms. The molecule has 0 aliphatic rings. The summed E-state index contributed by atoms with van der Waals surface area (Å²) in [7, 11) is 3.44. The number of hydrogen-bond acceptors (Lipinski definition) is 6. The normalized spacial score (nSPS) is 8.50. The summed E-state index contributed by atoms with van der Waals surface area (Å²) in [4.78, 5) is 7.34. The fourth-order valence-electron chi connectivity index (χ4n) is 0.853. The molecule has 2 aromatic rings. The van der Waals surface area contributed by atoms with Crippen molar-refractivity contribution in [3.05, 3.63) is 24.3 Å². The van der Waals surface area contributed by atoms with E-state index < -0.39 is 0 Å². The standard InChI is InChI=1S/C4H7N5.C4H4N4.ClH/c1-9-2-7-4(8-9)3(5)6;1-8-3-6-4(2-5)7-8;/h2H,1H3,(H3,5,6);3H,1H3;1H. The molecule has 2 heterocycles. The van der Waals surface area contributed by atoms with E-state index in [0.717, 1.165) is 0 Å². The third-order valence-electron chi connectivity index (χ3n) is 1.54. The van der Waals surface area contributed by atoms with Crippen LogP contribution in [0.1, 0.15) is 11.6 Å². The van der Waals surface area contributed by atoms with E-state index in [2.05, 4.69) is 20.2 Å². The van der Waals surface area contributed by atoms with Crippen LogP contribution >= 0.6 is 12.4 Å². The average molecular weight is 270 g/mol. The van der Waals surface area contributed by atoms with Crippen molar-refractivity contribution < 1.29 is 0 Å². The quantitative estimate of drug-likeness (QED) is 0.514. The van der Waals surface area contributed by atoms with Crippen LogP contribution in [-0.2, 0) is 14.1 Å². The van der Waals surface area contributed by atoms with Crippen LogP contribution in [-0.4, -0.2) is 35.4 Å². The van der Waals surface area contributed by atoms with E-state index in [-0.39, 0.29) is 29.9 Å². The third kappa shape index (κ3) is 4.58. The van der Waals surface area contributed by atoms with E-state index in [4.69, 9.17) is 16.4 Å². The minimum absolute atomic E-state index is 0. The van der Waals surface area contributed by atoms with Crippen LogP contribution in [0.4, 0.5) is 0 Å². The lowest BCUT2D eigenvalue weighted by Gasteiger charge is -1.84. The van der Waals surface area contributed by atoms with Crippen LogP contribution in [0.3, 0.4) is 0 Å². The van der Waals surface area contributed by atoms with Gasteiger partial charge in [0.25, 0.3) is 5.82 Å². The molecule has 18 heavy (non-hydrogen) atoms. The Balaban J connectivity index is 0.000000306. The zero-order valence-electron chi connectivity index (χ0n) is 9.77. The van der Waals surface area contributed by atoms with Gasteiger partial charge in [-0.25, -0.2) is 9.97 Å². The van der Waals surface area contributed by atoms with E-state index in [1.54, 1.807) is 20.2 Å². The molecule has 0 aliphatic heterocycles. The lowest BCUT2D eigenvalue weighted by Crippen LogP contribution is -2.13. The van der Waals surface area contributed by atoms with Gasteiger partial charge in [0.2, 0.25) is 5.82 Å². The van der Waals surface area contributed by atoms with Gasteiger partial charge in [0.15, 0.2) is 5.84 Å². The summed E-state index contributed by atoms with van der Waals surface area (Å²) in [6, 6.07) is 1.80. The van der Waals surface area contributed by atoms with Crippen molar-refractivity contribution in [3.63, 3.8) is 0 Å². The number of nitrogens with one attached hydrogen (secondary N) is 1. The van der Waals surface area contributed by atoms with E-state index >= 15 is 0 Å². The summed E-state index contributed by atoms with van der Waals surface area (Å²) in [6.07, 6.45) is 2.98. The topological polar surface area (TPSA) is 135 Å². The smallest absolute Gasteiger partial charge is 0.252 e. The van der Waals surface area contributed by atoms with Crippen molar-refractivity contribution in [1.29, 1.82) is 10.7 Å². The first kappa shape index (κ1) is 15.5. The first-order chi connectivity index (χ1) is 8.02. The van der Waals surface area contributed by atoms with Gasteiger partial charge in [-0.1, -0.05) is 0 Å². The summed E-state index contributed by atoms with van der Waals surface area (Å²) in [6.45, 7) is 0. The van der Waals surface area contributed by atoms with Gasteiger partial charge in [0.1, 0.15) is 18.7 Å². The predicted octanol–water partition coefficient (Wildman–Crippen LogP) is -0.792. The number of halogens is 1. The number of amidine groups is 1. The Hall–Kier alpha value is -2.47. The Morgan fingerprint density at radius 3 is 2.06 bits per heavy atom. The minimum Gasteiger partial charge on any atom is -0.381 e. The molecule has 9 nitrogen and oxygen atoms in total. The van der Waals surface area contributed by atoms with Crippen LogP contribution in [0.5, 0.6) is 0 Å². The molecule has 0 aromatic carbocycles. The number of nitriles is 1. The van der Waals surface area contributed by atoms with Gasteiger partial charge in [-0.05, 0) is 0 Å². The summed E-state index contributed by atoms with van der Waals surface area (Å²) in [5, 5.41) is 22.5. The molecule has 0 saturated heterocycles. The van der Waals surface area contributed by atoms with Gasteiger partial charge in [0.05, 0.1) is 0 Å². The molecule has 0 spiro atoms. The fourth-order valence-corrected chi connectivity index (χ4v) is 0.853. The summed E-state index contributed by atoms with van der Waals surface area (Å²) in [5.41, 5.74) is 5.07. The van der Waals surface area contributed by atoms with Gasteiger partial charge in [0, 0.05) is 14.1 Å². The highest BCUT2D eigenvalue weighted by atomic mass is 35.5. The Morgan fingerprint density at radius 1 is 1.28 bits per heavy atom. The maximum absolute atomic E-state index is 8.16. The third-order valence-corrected chi connectivity index (χ3v) is 1.54. The second kappa shape index (κ2) is 6.97. The van der Waals surface area contributed by atoms with Gasteiger partial charge >= 0.3 is 0 Å². The van der Waals surface area contributed by atoms with Crippen molar-refractivity contribution >= 4 is 18.2 Å². The number of nitrogen functional groups attached to an aromatic ring is 1. The molecule has 0 aliphatic carbocycles. The summed E-state index contributed by atoms with van der Waals surface area (Å²) >= 11 is 0. The van der Waals surface area contributed by atoms with Crippen LogP contribution < -0.4 is 5.73 Å². The van der Waals surface area contributed by atoms with Crippen molar-refractivity contribution in [2.24, 2.45) is 19.8 Å². The highest BCUT2D eigenvalue weighted by molar-refractivity contribution is 5.90. The largest absolute Gasteiger partial charge is 0.381 e. The second-order valence-corrected chi connectivity index (χ2v) is 3.01. The lowest BCUT2D eigenvalue weighted by molar-refractivity contribution is 0.762. The Labute approximate surface area is 109 Å². The van der Waals surface area contributed by atoms with E-state index in [0.29, 0.717) is 0 Å². The van der Waals surface area contributed by atoms with Crippen LogP contribution in [0, 0.1) is 16.7 Å². The summed E-state index contributed by atoms with van der Waals surface area (Å²) < 4.78 is 2.98. The Kier molecular flexibility index (Phi) is 6.02. The molecule has 0 bridgehead atoms. The minimum atomic E-state index is -0.101. The second-order valence-electron chi connectivity index (χ2n) is 3.01.